The second-order valence-electron chi connectivity index (χ2n) is 5.80. The van der Waals surface area contributed by atoms with Gasteiger partial charge in [-0.25, -0.2) is 8.42 Å². The SMILES string of the molecule is CC(C)C1CCN(S(=O)(=O)c2ccccc2CN)CC1. The van der Waals surface area contributed by atoms with Gasteiger partial charge < -0.3 is 5.73 Å². The van der Waals surface area contributed by atoms with Gasteiger partial charge in [0.25, 0.3) is 0 Å². The third-order valence-corrected chi connectivity index (χ3v) is 6.25. The van der Waals surface area contributed by atoms with Crippen LogP contribution in [0.2, 0.25) is 0 Å². The minimum Gasteiger partial charge on any atom is -0.326 e. The number of benzene rings is 1. The van der Waals surface area contributed by atoms with Crippen molar-refractivity contribution in [2.24, 2.45) is 17.6 Å². The molecule has 0 amide bonds. The zero-order valence-electron chi connectivity index (χ0n) is 12.2. The van der Waals surface area contributed by atoms with Crippen molar-refractivity contribution >= 4 is 10.0 Å². The minimum atomic E-state index is -3.40. The molecule has 1 heterocycles. The van der Waals surface area contributed by atoms with E-state index in [1.807, 2.05) is 6.07 Å². The Labute approximate surface area is 122 Å². The van der Waals surface area contributed by atoms with Crippen molar-refractivity contribution in [1.82, 2.24) is 4.31 Å². The zero-order chi connectivity index (χ0) is 14.8. The highest BCUT2D eigenvalue weighted by molar-refractivity contribution is 7.89. The van der Waals surface area contributed by atoms with Gasteiger partial charge in [-0.05, 0) is 36.3 Å². The Kier molecular flexibility index (Phi) is 4.83. The van der Waals surface area contributed by atoms with Gasteiger partial charge in [-0.2, -0.15) is 4.31 Å². The molecule has 0 radical (unpaired) electrons. The lowest BCUT2D eigenvalue weighted by molar-refractivity contribution is 0.226. The molecule has 1 fully saturated rings. The van der Waals surface area contributed by atoms with Gasteiger partial charge in [0.15, 0.2) is 0 Å². The first-order chi connectivity index (χ1) is 9.46. The van der Waals surface area contributed by atoms with Crippen LogP contribution in [0.1, 0.15) is 32.3 Å². The van der Waals surface area contributed by atoms with Gasteiger partial charge >= 0.3 is 0 Å². The first-order valence-corrected chi connectivity index (χ1v) is 8.69. The molecule has 0 bridgehead atoms. The summed E-state index contributed by atoms with van der Waals surface area (Å²) in [7, 11) is -3.40. The molecule has 2 N–H and O–H groups in total. The third-order valence-electron chi connectivity index (χ3n) is 4.25. The lowest BCUT2D eigenvalue weighted by atomic mass is 9.87. The van der Waals surface area contributed by atoms with Crippen molar-refractivity contribution in [3.63, 3.8) is 0 Å². The van der Waals surface area contributed by atoms with E-state index >= 15 is 0 Å². The Hall–Kier alpha value is -0.910. The lowest BCUT2D eigenvalue weighted by Gasteiger charge is -2.33. The summed E-state index contributed by atoms with van der Waals surface area (Å²) in [6.07, 6.45) is 1.89. The van der Waals surface area contributed by atoms with Crippen LogP contribution in [0.4, 0.5) is 0 Å². The topological polar surface area (TPSA) is 63.4 Å². The molecular weight excluding hydrogens is 272 g/mol. The fourth-order valence-corrected chi connectivity index (χ4v) is 4.55. The number of piperidine rings is 1. The van der Waals surface area contributed by atoms with Crippen LogP contribution in [0.15, 0.2) is 29.2 Å². The van der Waals surface area contributed by atoms with Crippen LogP contribution in [-0.2, 0) is 16.6 Å². The average molecular weight is 296 g/mol. The van der Waals surface area contributed by atoms with E-state index in [4.69, 9.17) is 5.73 Å². The summed E-state index contributed by atoms with van der Waals surface area (Å²) < 4.78 is 27.0. The predicted octanol–water partition coefficient (Wildman–Crippen LogP) is 2.20. The molecule has 1 aromatic carbocycles. The van der Waals surface area contributed by atoms with E-state index in [9.17, 15) is 8.42 Å². The van der Waals surface area contributed by atoms with Crippen LogP contribution in [0.25, 0.3) is 0 Å². The molecule has 0 aromatic heterocycles. The largest absolute Gasteiger partial charge is 0.326 e. The van der Waals surface area contributed by atoms with Crippen molar-refractivity contribution in [2.75, 3.05) is 13.1 Å². The summed E-state index contributed by atoms with van der Waals surface area (Å²) in [5, 5.41) is 0. The molecule has 4 nitrogen and oxygen atoms in total. The standard InChI is InChI=1S/C15H24N2O2S/c1-12(2)13-7-9-17(10-8-13)20(18,19)15-6-4-3-5-14(15)11-16/h3-6,12-13H,7-11,16H2,1-2H3. The van der Waals surface area contributed by atoms with E-state index < -0.39 is 10.0 Å². The number of rotatable bonds is 4. The maximum atomic E-state index is 12.7. The normalized spacial score (nSPS) is 18.6. The Bertz CT molecular complexity index is 547. The molecule has 2 rings (SSSR count). The molecule has 1 aliphatic heterocycles. The molecular formula is C15H24N2O2S. The van der Waals surface area contributed by atoms with E-state index in [-0.39, 0.29) is 6.54 Å². The second kappa shape index (κ2) is 6.24. The molecule has 0 saturated carbocycles. The van der Waals surface area contributed by atoms with Crippen molar-refractivity contribution < 1.29 is 8.42 Å². The second-order valence-corrected chi connectivity index (χ2v) is 7.70. The van der Waals surface area contributed by atoms with Crippen LogP contribution >= 0.6 is 0 Å². The van der Waals surface area contributed by atoms with Gasteiger partial charge in [-0.15, -0.1) is 0 Å². The number of nitrogens with two attached hydrogens (primary N) is 1. The predicted molar refractivity (Wildman–Crippen MR) is 80.7 cm³/mol. The first-order valence-electron chi connectivity index (χ1n) is 7.25. The Morgan fingerprint density at radius 1 is 1.25 bits per heavy atom. The molecule has 112 valence electrons. The number of hydrogen-bond donors (Lipinski definition) is 1. The van der Waals surface area contributed by atoms with Gasteiger partial charge in [0.1, 0.15) is 0 Å². The van der Waals surface area contributed by atoms with E-state index in [2.05, 4.69) is 13.8 Å². The molecule has 1 saturated heterocycles. The Morgan fingerprint density at radius 2 is 1.85 bits per heavy atom. The number of hydrogen-bond acceptors (Lipinski definition) is 3. The highest BCUT2D eigenvalue weighted by Crippen LogP contribution is 2.29. The molecule has 1 aromatic rings. The molecule has 0 unspecified atom stereocenters. The molecule has 20 heavy (non-hydrogen) atoms. The van der Waals surface area contributed by atoms with Crippen molar-refractivity contribution in [3.05, 3.63) is 29.8 Å². The highest BCUT2D eigenvalue weighted by atomic mass is 32.2. The molecule has 0 aliphatic carbocycles. The van der Waals surface area contributed by atoms with Crippen LogP contribution in [0.3, 0.4) is 0 Å². The molecule has 1 aliphatic rings. The highest BCUT2D eigenvalue weighted by Gasteiger charge is 2.31. The van der Waals surface area contributed by atoms with E-state index in [0.717, 1.165) is 12.8 Å². The smallest absolute Gasteiger partial charge is 0.243 e. The van der Waals surface area contributed by atoms with Crippen LogP contribution in [-0.4, -0.2) is 25.8 Å². The zero-order valence-corrected chi connectivity index (χ0v) is 13.1. The monoisotopic (exact) mass is 296 g/mol. The summed E-state index contributed by atoms with van der Waals surface area (Å²) in [6.45, 7) is 5.89. The summed E-state index contributed by atoms with van der Waals surface area (Å²) in [6, 6.07) is 7.03. The van der Waals surface area contributed by atoms with Crippen molar-refractivity contribution in [2.45, 2.75) is 38.1 Å². The summed E-state index contributed by atoms with van der Waals surface area (Å²) in [4.78, 5) is 0.366. The minimum absolute atomic E-state index is 0.248. The maximum absolute atomic E-state index is 12.7. The van der Waals surface area contributed by atoms with E-state index in [0.29, 0.717) is 35.4 Å². The third kappa shape index (κ3) is 3.05. The quantitative estimate of drug-likeness (QED) is 0.926. The fourth-order valence-electron chi connectivity index (χ4n) is 2.85. The van der Waals surface area contributed by atoms with Gasteiger partial charge in [0.05, 0.1) is 4.90 Å². The molecule has 0 atom stereocenters. The summed E-state index contributed by atoms with van der Waals surface area (Å²) in [5.74, 6) is 1.25. The van der Waals surface area contributed by atoms with Gasteiger partial charge in [-0.1, -0.05) is 32.0 Å². The van der Waals surface area contributed by atoms with Gasteiger partial charge in [-0.3, -0.25) is 0 Å². The molecule has 5 heteroatoms. The van der Waals surface area contributed by atoms with Gasteiger partial charge in [0.2, 0.25) is 10.0 Å². The summed E-state index contributed by atoms with van der Waals surface area (Å²) in [5.41, 5.74) is 6.35. The van der Waals surface area contributed by atoms with Crippen LogP contribution in [0.5, 0.6) is 0 Å². The fraction of sp³-hybridized carbons (Fsp3) is 0.600. The van der Waals surface area contributed by atoms with Crippen LogP contribution in [0, 0.1) is 11.8 Å². The molecule has 0 spiro atoms. The van der Waals surface area contributed by atoms with Crippen molar-refractivity contribution in [1.29, 1.82) is 0 Å². The van der Waals surface area contributed by atoms with Crippen LogP contribution < -0.4 is 5.73 Å². The first kappa shape index (κ1) is 15.5. The van der Waals surface area contributed by atoms with E-state index in [1.165, 1.54) is 0 Å². The van der Waals surface area contributed by atoms with Gasteiger partial charge in [0, 0.05) is 19.6 Å². The Balaban J connectivity index is 2.20. The number of sulfonamides is 1. The number of nitrogens with zero attached hydrogens (tertiary/aromatic N) is 1. The Morgan fingerprint density at radius 3 is 2.40 bits per heavy atom. The van der Waals surface area contributed by atoms with E-state index in [1.54, 1.807) is 22.5 Å². The average Bonchev–Trinajstić information content (AvgIpc) is 2.47. The lowest BCUT2D eigenvalue weighted by Crippen LogP contribution is -2.39. The summed E-state index contributed by atoms with van der Waals surface area (Å²) >= 11 is 0. The maximum Gasteiger partial charge on any atom is 0.243 e. The van der Waals surface area contributed by atoms with Crippen molar-refractivity contribution in [3.8, 4) is 0 Å².